The van der Waals surface area contributed by atoms with Gasteiger partial charge in [0, 0.05) is 6.07 Å². The van der Waals surface area contributed by atoms with Crippen molar-refractivity contribution in [2.75, 3.05) is 11.5 Å². The average Bonchev–Trinajstić information content (AvgIpc) is 2.43. The molecule has 0 radical (unpaired) electrons. The molecule has 0 saturated carbocycles. The number of benzene rings is 2. The highest BCUT2D eigenvalue weighted by Crippen LogP contribution is 2.35. The van der Waals surface area contributed by atoms with Gasteiger partial charge >= 0.3 is 6.09 Å². The third kappa shape index (κ3) is 2.83. The number of hydrogen-bond acceptors (Lipinski definition) is 4. The number of amides is 1. The molecule has 0 heterocycles. The molecule has 0 unspecified atom stereocenters. The summed E-state index contributed by atoms with van der Waals surface area (Å²) in [5.41, 5.74) is 0.805. The quantitative estimate of drug-likeness (QED) is 0.899. The number of ether oxygens (including phenoxy) is 1. The minimum Gasteiger partial charge on any atom is -0.508 e. The van der Waals surface area contributed by atoms with Gasteiger partial charge in [-0.25, -0.2) is 9.69 Å². The maximum Gasteiger partial charge on any atom is 0.419 e. The summed E-state index contributed by atoms with van der Waals surface area (Å²) in [4.78, 5) is 13.4. The Kier molecular flexibility index (Phi) is 4.10. The van der Waals surface area contributed by atoms with Crippen LogP contribution >= 0.6 is 0 Å². The van der Waals surface area contributed by atoms with Gasteiger partial charge in [0.1, 0.15) is 11.5 Å². The van der Waals surface area contributed by atoms with Gasteiger partial charge in [-0.1, -0.05) is 18.2 Å². The van der Waals surface area contributed by atoms with E-state index in [2.05, 4.69) is 0 Å². The first-order chi connectivity index (χ1) is 9.63. The lowest BCUT2D eigenvalue weighted by Gasteiger charge is -2.22. The first-order valence-corrected chi connectivity index (χ1v) is 6.17. The maximum absolute atomic E-state index is 12.1. The number of phenolic OH excluding ortho intramolecular Hbond substituents is 2. The van der Waals surface area contributed by atoms with E-state index in [1.807, 2.05) is 6.07 Å². The molecule has 0 bridgehead atoms. The molecule has 0 aliphatic rings. The third-order valence-electron chi connectivity index (χ3n) is 2.66. The molecule has 0 fully saturated rings. The molecular weight excluding hydrogens is 258 g/mol. The molecule has 0 spiro atoms. The van der Waals surface area contributed by atoms with Crippen molar-refractivity contribution in [3.05, 3.63) is 48.5 Å². The summed E-state index contributed by atoms with van der Waals surface area (Å²) in [6.07, 6.45) is -0.598. The number of hydrogen-bond donors (Lipinski definition) is 2. The molecule has 5 heteroatoms. The van der Waals surface area contributed by atoms with Crippen molar-refractivity contribution in [2.24, 2.45) is 0 Å². The van der Waals surface area contributed by atoms with E-state index in [1.165, 1.54) is 23.1 Å². The Morgan fingerprint density at radius 1 is 1.15 bits per heavy atom. The van der Waals surface area contributed by atoms with Gasteiger partial charge in [-0.15, -0.1) is 0 Å². The van der Waals surface area contributed by atoms with Crippen LogP contribution in [-0.4, -0.2) is 22.9 Å². The van der Waals surface area contributed by atoms with Crippen LogP contribution in [0.4, 0.5) is 16.2 Å². The van der Waals surface area contributed by atoms with Crippen molar-refractivity contribution in [1.29, 1.82) is 0 Å². The lowest BCUT2D eigenvalue weighted by atomic mass is 10.2. The Morgan fingerprint density at radius 2 is 1.85 bits per heavy atom. The predicted octanol–water partition coefficient (Wildman–Crippen LogP) is 3.39. The van der Waals surface area contributed by atoms with Gasteiger partial charge in [-0.3, -0.25) is 0 Å². The third-order valence-corrected chi connectivity index (χ3v) is 2.66. The van der Waals surface area contributed by atoms with Crippen LogP contribution in [0.15, 0.2) is 48.5 Å². The summed E-state index contributed by atoms with van der Waals surface area (Å²) in [6, 6.07) is 12.8. The number of anilines is 2. The molecule has 0 saturated heterocycles. The molecule has 1 amide bonds. The van der Waals surface area contributed by atoms with E-state index in [1.54, 1.807) is 31.2 Å². The highest BCUT2D eigenvalue weighted by Gasteiger charge is 2.22. The minimum absolute atomic E-state index is 0.0804. The molecule has 2 N–H and O–H groups in total. The van der Waals surface area contributed by atoms with Crippen molar-refractivity contribution < 1.29 is 19.7 Å². The molecule has 2 rings (SSSR count). The SMILES string of the molecule is CCOC(=O)N(c1ccccc1)c1ccc(O)cc1O. The van der Waals surface area contributed by atoms with Gasteiger partial charge in [0.25, 0.3) is 0 Å². The Morgan fingerprint density at radius 3 is 2.45 bits per heavy atom. The summed E-state index contributed by atoms with van der Waals surface area (Å²) >= 11 is 0. The highest BCUT2D eigenvalue weighted by atomic mass is 16.6. The van der Waals surface area contributed by atoms with Crippen LogP contribution in [0.25, 0.3) is 0 Å². The first kappa shape index (κ1) is 13.7. The Labute approximate surface area is 116 Å². The molecule has 5 nitrogen and oxygen atoms in total. The van der Waals surface area contributed by atoms with Crippen LogP contribution in [0.2, 0.25) is 0 Å². The van der Waals surface area contributed by atoms with Gasteiger partial charge in [0.05, 0.1) is 18.0 Å². The number of phenols is 2. The van der Waals surface area contributed by atoms with Crippen molar-refractivity contribution >= 4 is 17.5 Å². The Balaban J connectivity index is 2.49. The van der Waals surface area contributed by atoms with Gasteiger partial charge in [0.2, 0.25) is 0 Å². The van der Waals surface area contributed by atoms with Crippen molar-refractivity contribution in [1.82, 2.24) is 0 Å². The van der Waals surface area contributed by atoms with Gasteiger partial charge in [0.15, 0.2) is 0 Å². The standard InChI is InChI=1S/C15H15NO4/c1-2-20-15(19)16(11-6-4-3-5-7-11)13-9-8-12(17)10-14(13)18/h3-10,17-18H,2H2,1H3. The molecule has 2 aromatic rings. The van der Waals surface area contributed by atoms with E-state index >= 15 is 0 Å². The Hall–Kier alpha value is -2.69. The van der Waals surface area contributed by atoms with E-state index in [-0.39, 0.29) is 23.8 Å². The van der Waals surface area contributed by atoms with E-state index in [9.17, 15) is 15.0 Å². The lowest BCUT2D eigenvalue weighted by molar-refractivity contribution is 0.162. The zero-order valence-electron chi connectivity index (χ0n) is 11.0. The van der Waals surface area contributed by atoms with Gasteiger partial charge < -0.3 is 14.9 Å². The monoisotopic (exact) mass is 273 g/mol. The molecule has 0 aliphatic carbocycles. The predicted molar refractivity (Wildman–Crippen MR) is 75.4 cm³/mol. The molecular formula is C15H15NO4. The van der Waals surface area contributed by atoms with Crippen LogP contribution in [0.5, 0.6) is 11.5 Å². The summed E-state index contributed by atoms with van der Waals surface area (Å²) < 4.78 is 5.01. The maximum atomic E-state index is 12.1. The van der Waals surface area contributed by atoms with Crippen LogP contribution < -0.4 is 4.90 Å². The van der Waals surface area contributed by atoms with Gasteiger partial charge in [-0.05, 0) is 31.2 Å². The minimum atomic E-state index is -0.598. The fraction of sp³-hybridized carbons (Fsp3) is 0.133. The summed E-state index contributed by atoms with van der Waals surface area (Å²) in [5, 5.41) is 19.3. The van der Waals surface area contributed by atoms with Crippen LogP contribution in [0.1, 0.15) is 6.92 Å². The fourth-order valence-electron chi connectivity index (χ4n) is 1.81. The second-order valence-corrected chi connectivity index (χ2v) is 4.04. The second-order valence-electron chi connectivity index (χ2n) is 4.04. The Bertz CT molecular complexity index is 598. The fourth-order valence-corrected chi connectivity index (χ4v) is 1.81. The molecule has 0 aliphatic heterocycles. The van der Waals surface area contributed by atoms with Crippen molar-refractivity contribution in [3.8, 4) is 11.5 Å². The summed E-state index contributed by atoms with van der Waals surface area (Å²) in [7, 11) is 0. The van der Waals surface area contributed by atoms with E-state index in [0.717, 1.165) is 0 Å². The van der Waals surface area contributed by atoms with Crippen LogP contribution in [0, 0.1) is 0 Å². The van der Waals surface area contributed by atoms with Crippen LogP contribution in [0.3, 0.4) is 0 Å². The lowest BCUT2D eigenvalue weighted by Crippen LogP contribution is -2.26. The van der Waals surface area contributed by atoms with E-state index < -0.39 is 6.09 Å². The smallest absolute Gasteiger partial charge is 0.419 e. The number of nitrogens with zero attached hydrogens (tertiary/aromatic N) is 1. The zero-order chi connectivity index (χ0) is 14.5. The number of para-hydroxylation sites is 1. The number of carbonyl (C=O) groups excluding carboxylic acids is 1. The number of aromatic hydroxyl groups is 2. The van der Waals surface area contributed by atoms with Crippen LogP contribution in [-0.2, 0) is 4.74 Å². The van der Waals surface area contributed by atoms with Crippen molar-refractivity contribution in [3.63, 3.8) is 0 Å². The van der Waals surface area contributed by atoms with Crippen molar-refractivity contribution in [2.45, 2.75) is 6.92 Å². The highest BCUT2D eigenvalue weighted by molar-refractivity contribution is 5.97. The normalized spacial score (nSPS) is 10.1. The molecule has 0 aromatic heterocycles. The van der Waals surface area contributed by atoms with E-state index in [0.29, 0.717) is 5.69 Å². The summed E-state index contributed by atoms with van der Waals surface area (Å²) in [5.74, 6) is -0.287. The first-order valence-electron chi connectivity index (χ1n) is 6.17. The molecule has 0 atom stereocenters. The van der Waals surface area contributed by atoms with E-state index in [4.69, 9.17) is 4.74 Å². The molecule has 2 aromatic carbocycles. The molecule has 104 valence electrons. The van der Waals surface area contributed by atoms with Gasteiger partial charge in [-0.2, -0.15) is 0 Å². The average molecular weight is 273 g/mol. The second kappa shape index (κ2) is 5.97. The summed E-state index contributed by atoms with van der Waals surface area (Å²) in [6.45, 7) is 1.93. The zero-order valence-corrected chi connectivity index (χ0v) is 11.0. The molecule has 20 heavy (non-hydrogen) atoms. The number of rotatable bonds is 3. The number of carbonyl (C=O) groups is 1. The largest absolute Gasteiger partial charge is 0.508 e. The topological polar surface area (TPSA) is 70.0 Å².